The third-order valence-electron chi connectivity index (χ3n) is 3.93. The van der Waals surface area contributed by atoms with Crippen molar-refractivity contribution in [1.82, 2.24) is 15.1 Å². The summed E-state index contributed by atoms with van der Waals surface area (Å²) in [5.74, 6) is 0.995. The third kappa shape index (κ3) is 3.30. The highest BCUT2D eigenvalue weighted by atomic mass is 35.5. The molecule has 7 heteroatoms. The number of methoxy groups -OCH3 is 1. The molecule has 0 amide bonds. The number of rotatable bonds is 5. The van der Waals surface area contributed by atoms with Gasteiger partial charge in [-0.2, -0.15) is 0 Å². The van der Waals surface area contributed by atoms with Crippen molar-refractivity contribution < 1.29 is 14.3 Å². The second-order valence-electron chi connectivity index (χ2n) is 5.37. The summed E-state index contributed by atoms with van der Waals surface area (Å²) in [5, 5.41) is 18.3. The zero-order valence-corrected chi connectivity index (χ0v) is 13.0. The molecule has 1 aromatic carbocycles. The van der Waals surface area contributed by atoms with Crippen LogP contribution in [0.2, 0.25) is 5.02 Å². The number of aliphatic hydroxyl groups is 1. The van der Waals surface area contributed by atoms with Crippen LogP contribution in [0.3, 0.4) is 0 Å². The Labute approximate surface area is 133 Å². The number of hydrogen-bond donors (Lipinski definition) is 1. The number of halogens is 1. The van der Waals surface area contributed by atoms with Gasteiger partial charge in [0.15, 0.2) is 0 Å². The van der Waals surface area contributed by atoms with Gasteiger partial charge in [0, 0.05) is 30.3 Å². The molecule has 1 aliphatic heterocycles. The van der Waals surface area contributed by atoms with Crippen LogP contribution in [-0.4, -0.2) is 52.6 Å². The first-order valence-corrected chi connectivity index (χ1v) is 7.53. The van der Waals surface area contributed by atoms with Crippen LogP contribution >= 0.6 is 11.6 Å². The van der Waals surface area contributed by atoms with Gasteiger partial charge < -0.3 is 14.3 Å². The van der Waals surface area contributed by atoms with E-state index in [0.29, 0.717) is 23.3 Å². The average molecular weight is 324 g/mol. The molecule has 1 saturated heterocycles. The largest absolute Gasteiger partial charge is 0.419 e. The first-order chi connectivity index (χ1) is 10.7. The zero-order valence-electron chi connectivity index (χ0n) is 12.3. The van der Waals surface area contributed by atoms with Gasteiger partial charge >= 0.3 is 0 Å². The Kier molecular flexibility index (Phi) is 4.73. The Morgan fingerprint density at radius 3 is 2.82 bits per heavy atom. The van der Waals surface area contributed by atoms with Crippen LogP contribution in [-0.2, 0) is 11.3 Å². The van der Waals surface area contributed by atoms with E-state index < -0.39 is 0 Å². The number of benzene rings is 1. The molecule has 0 bridgehead atoms. The number of likely N-dealkylation sites (tertiary alicyclic amines) is 1. The van der Waals surface area contributed by atoms with E-state index in [4.69, 9.17) is 20.8 Å². The lowest BCUT2D eigenvalue weighted by atomic mass is 10.2. The number of hydrogen-bond acceptors (Lipinski definition) is 6. The van der Waals surface area contributed by atoms with Crippen LogP contribution in [0, 0.1) is 0 Å². The van der Waals surface area contributed by atoms with E-state index in [1.54, 1.807) is 19.2 Å². The van der Waals surface area contributed by atoms with E-state index in [2.05, 4.69) is 15.1 Å². The molecule has 1 fully saturated rings. The van der Waals surface area contributed by atoms with Crippen molar-refractivity contribution >= 4 is 11.6 Å². The van der Waals surface area contributed by atoms with Crippen molar-refractivity contribution in [3.63, 3.8) is 0 Å². The molecule has 118 valence electrons. The normalized spacial score (nSPS) is 22.3. The van der Waals surface area contributed by atoms with Crippen LogP contribution in [0.15, 0.2) is 28.7 Å². The van der Waals surface area contributed by atoms with Crippen molar-refractivity contribution in [3.05, 3.63) is 35.2 Å². The summed E-state index contributed by atoms with van der Waals surface area (Å²) < 4.78 is 11.1. The van der Waals surface area contributed by atoms with E-state index in [0.717, 1.165) is 18.5 Å². The van der Waals surface area contributed by atoms with Crippen molar-refractivity contribution in [2.75, 3.05) is 20.3 Å². The summed E-state index contributed by atoms with van der Waals surface area (Å²) in [6, 6.07) is 7.31. The molecule has 0 radical (unpaired) electrons. The Bertz CT molecular complexity index is 617. The maximum absolute atomic E-state index is 9.46. The molecular formula is C15H18ClN3O3. The first-order valence-electron chi connectivity index (χ1n) is 7.15. The minimum absolute atomic E-state index is 0.0656. The minimum atomic E-state index is 0.0656. The molecule has 6 nitrogen and oxygen atoms in total. The van der Waals surface area contributed by atoms with Gasteiger partial charge in [-0.25, -0.2) is 0 Å². The van der Waals surface area contributed by atoms with Crippen molar-refractivity contribution in [2.45, 2.75) is 25.1 Å². The fraction of sp³-hybridized carbons (Fsp3) is 0.467. The molecule has 1 aliphatic rings. The summed E-state index contributed by atoms with van der Waals surface area (Å²) >= 11 is 5.87. The molecule has 2 aromatic rings. The van der Waals surface area contributed by atoms with Crippen LogP contribution in [0.4, 0.5) is 0 Å². The van der Waals surface area contributed by atoms with E-state index in [1.807, 2.05) is 12.1 Å². The molecule has 2 heterocycles. The highest BCUT2D eigenvalue weighted by molar-refractivity contribution is 6.30. The Morgan fingerprint density at radius 1 is 1.36 bits per heavy atom. The average Bonchev–Trinajstić information content (AvgIpc) is 3.15. The summed E-state index contributed by atoms with van der Waals surface area (Å²) in [7, 11) is 1.69. The number of aromatic nitrogens is 2. The lowest BCUT2D eigenvalue weighted by Crippen LogP contribution is -2.32. The summed E-state index contributed by atoms with van der Waals surface area (Å²) in [4.78, 5) is 2.10. The molecule has 0 saturated carbocycles. The standard InChI is InChI=1S/C15H18ClN3O3/c1-21-13-6-12(9-20)19(7-13)8-14-17-18-15(22-14)10-2-4-11(16)5-3-10/h2-5,12-13,20H,6-9H2,1H3/t12-,13-/m0/s1. The topological polar surface area (TPSA) is 71.6 Å². The van der Waals surface area contributed by atoms with Gasteiger partial charge in [-0.15, -0.1) is 10.2 Å². The number of aliphatic hydroxyl groups excluding tert-OH is 1. The maximum Gasteiger partial charge on any atom is 0.247 e. The summed E-state index contributed by atoms with van der Waals surface area (Å²) in [5.41, 5.74) is 0.832. The predicted octanol–water partition coefficient (Wildman–Crippen LogP) is 1.97. The summed E-state index contributed by atoms with van der Waals surface area (Å²) in [6.45, 7) is 1.35. The quantitative estimate of drug-likeness (QED) is 0.907. The van der Waals surface area contributed by atoms with Crippen molar-refractivity contribution in [2.24, 2.45) is 0 Å². The van der Waals surface area contributed by atoms with Gasteiger partial charge in [0.25, 0.3) is 0 Å². The van der Waals surface area contributed by atoms with Crippen LogP contribution in [0.1, 0.15) is 12.3 Å². The maximum atomic E-state index is 9.46. The summed E-state index contributed by atoms with van der Waals surface area (Å²) in [6.07, 6.45) is 0.946. The number of nitrogens with zero attached hydrogens (tertiary/aromatic N) is 3. The van der Waals surface area contributed by atoms with E-state index in [1.165, 1.54) is 0 Å². The molecule has 0 spiro atoms. The second-order valence-corrected chi connectivity index (χ2v) is 5.80. The van der Waals surface area contributed by atoms with Gasteiger partial charge in [-0.1, -0.05) is 11.6 Å². The molecule has 1 aromatic heterocycles. The first kappa shape index (κ1) is 15.4. The zero-order chi connectivity index (χ0) is 15.5. The Hall–Kier alpha value is -1.47. The molecule has 2 atom stereocenters. The molecule has 3 rings (SSSR count). The van der Waals surface area contributed by atoms with Crippen molar-refractivity contribution in [3.8, 4) is 11.5 Å². The molecule has 1 N–H and O–H groups in total. The van der Waals surface area contributed by atoms with Gasteiger partial charge in [0.1, 0.15) is 0 Å². The Balaban J connectivity index is 1.70. The Morgan fingerprint density at radius 2 is 2.14 bits per heavy atom. The van der Waals surface area contributed by atoms with Gasteiger partial charge in [-0.05, 0) is 30.7 Å². The smallest absolute Gasteiger partial charge is 0.247 e. The fourth-order valence-electron chi connectivity index (χ4n) is 2.69. The third-order valence-corrected chi connectivity index (χ3v) is 4.18. The van der Waals surface area contributed by atoms with Crippen molar-refractivity contribution in [1.29, 1.82) is 0 Å². The van der Waals surface area contributed by atoms with Gasteiger partial charge in [0.2, 0.25) is 11.8 Å². The predicted molar refractivity (Wildman–Crippen MR) is 81.4 cm³/mol. The fourth-order valence-corrected chi connectivity index (χ4v) is 2.82. The van der Waals surface area contributed by atoms with Crippen LogP contribution in [0.5, 0.6) is 0 Å². The highest BCUT2D eigenvalue weighted by Gasteiger charge is 2.32. The lowest BCUT2D eigenvalue weighted by Gasteiger charge is -2.19. The van der Waals surface area contributed by atoms with Gasteiger partial charge in [-0.3, -0.25) is 4.90 Å². The lowest BCUT2D eigenvalue weighted by molar-refractivity contribution is 0.105. The minimum Gasteiger partial charge on any atom is -0.419 e. The van der Waals surface area contributed by atoms with Gasteiger partial charge in [0.05, 0.1) is 19.3 Å². The molecule has 0 unspecified atom stereocenters. The molecule has 0 aliphatic carbocycles. The second kappa shape index (κ2) is 6.75. The van der Waals surface area contributed by atoms with Crippen LogP contribution < -0.4 is 0 Å². The van der Waals surface area contributed by atoms with E-state index in [-0.39, 0.29) is 18.8 Å². The molecular weight excluding hydrogens is 306 g/mol. The van der Waals surface area contributed by atoms with Crippen LogP contribution in [0.25, 0.3) is 11.5 Å². The molecule has 22 heavy (non-hydrogen) atoms. The highest BCUT2D eigenvalue weighted by Crippen LogP contribution is 2.24. The van der Waals surface area contributed by atoms with E-state index in [9.17, 15) is 5.11 Å². The van der Waals surface area contributed by atoms with E-state index >= 15 is 0 Å². The SMILES string of the molecule is CO[C@H]1C[C@@H](CO)N(Cc2nnc(-c3ccc(Cl)cc3)o2)C1. The monoisotopic (exact) mass is 323 g/mol. The number of ether oxygens (including phenoxy) is 1.